The minimum absolute atomic E-state index is 0. The van der Waals surface area contributed by atoms with Gasteiger partial charge in [-0.25, -0.2) is 4.39 Å². The van der Waals surface area contributed by atoms with E-state index >= 15 is 0 Å². The molecule has 0 spiro atoms. The van der Waals surface area contributed by atoms with Gasteiger partial charge >= 0.3 is 0 Å². The number of aliphatic imine (C=N–C) groups is 1. The summed E-state index contributed by atoms with van der Waals surface area (Å²) in [5.74, 6) is 0.347. The van der Waals surface area contributed by atoms with Gasteiger partial charge in [0.15, 0.2) is 5.96 Å². The Morgan fingerprint density at radius 2 is 2.00 bits per heavy atom. The summed E-state index contributed by atoms with van der Waals surface area (Å²) in [4.78, 5) is 8.32. The molecule has 1 aromatic carbocycles. The molecule has 2 N–H and O–H groups in total. The molecule has 2 aromatic rings. The van der Waals surface area contributed by atoms with Gasteiger partial charge in [-0.15, -0.1) is 24.0 Å². The highest BCUT2D eigenvalue weighted by atomic mass is 127. The van der Waals surface area contributed by atoms with E-state index in [2.05, 4.69) is 36.5 Å². The third-order valence-corrected chi connectivity index (χ3v) is 3.34. The zero-order chi connectivity index (χ0) is 15.1. The zero-order valence-corrected chi connectivity index (χ0v) is 15.9. The standard InChI is InChI=1S/C15H16BrFN4.HI/c1-18-15(21-10-13-4-2-3-7-19-13)20-9-11-5-6-12(16)8-14(11)17;/h2-8H,9-10H2,1H3,(H2,18,20,21);1H. The molecule has 0 atom stereocenters. The molecule has 0 radical (unpaired) electrons. The van der Waals surface area contributed by atoms with Crippen molar-refractivity contribution in [1.82, 2.24) is 15.6 Å². The predicted octanol–water partition coefficient (Wildman–Crippen LogP) is 3.47. The Morgan fingerprint density at radius 1 is 1.23 bits per heavy atom. The monoisotopic (exact) mass is 478 g/mol. The highest BCUT2D eigenvalue weighted by molar-refractivity contribution is 14.0. The Kier molecular flexibility index (Phi) is 8.32. The molecule has 118 valence electrons. The molecule has 1 heterocycles. The van der Waals surface area contributed by atoms with Gasteiger partial charge in [0.05, 0.1) is 12.2 Å². The van der Waals surface area contributed by atoms with Gasteiger partial charge in [-0.05, 0) is 24.3 Å². The Balaban J connectivity index is 0.00000242. The molecule has 2 rings (SSSR count). The minimum atomic E-state index is -0.253. The van der Waals surface area contributed by atoms with E-state index in [9.17, 15) is 4.39 Å². The predicted molar refractivity (Wildman–Crippen MR) is 101 cm³/mol. The Labute approximate surface area is 154 Å². The van der Waals surface area contributed by atoms with Gasteiger partial charge in [-0.2, -0.15) is 0 Å². The van der Waals surface area contributed by atoms with Crippen LogP contribution >= 0.6 is 39.9 Å². The van der Waals surface area contributed by atoms with E-state index in [1.165, 1.54) is 6.07 Å². The van der Waals surface area contributed by atoms with Crippen LogP contribution in [0.2, 0.25) is 0 Å². The first-order chi connectivity index (χ1) is 10.2. The van der Waals surface area contributed by atoms with Crippen molar-refractivity contribution >= 4 is 45.9 Å². The van der Waals surface area contributed by atoms with Crippen molar-refractivity contribution in [1.29, 1.82) is 0 Å². The van der Waals surface area contributed by atoms with Gasteiger partial charge in [-0.1, -0.05) is 28.1 Å². The van der Waals surface area contributed by atoms with E-state index in [0.717, 1.165) is 10.2 Å². The van der Waals surface area contributed by atoms with Crippen LogP contribution in [-0.4, -0.2) is 18.0 Å². The molecule has 0 saturated carbocycles. The summed E-state index contributed by atoms with van der Waals surface area (Å²) in [5, 5.41) is 6.20. The number of halogens is 3. The van der Waals surface area contributed by atoms with Crippen LogP contribution in [0.15, 0.2) is 52.1 Å². The molecular weight excluding hydrogens is 462 g/mol. The summed E-state index contributed by atoms with van der Waals surface area (Å²) >= 11 is 3.24. The topological polar surface area (TPSA) is 49.3 Å². The van der Waals surface area contributed by atoms with Crippen molar-refractivity contribution in [2.45, 2.75) is 13.1 Å². The molecule has 1 aromatic heterocycles. The summed E-state index contributed by atoms with van der Waals surface area (Å²) < 4.78 is 14.4. The maximum atomic E-state index is 13.7. The summed E-state index contributed by atoms with van der Waals surface area (Å²) in [6.07, 6.45) is 1.74. The molecule has 0 saturated heterocycles. The van der Waals surface area contributed by atoms with Gasteiger partial charge in [0, 0.05) is 29.8 Å². The normalized spacial score (nSPS) is 10.8. The molecule has 0 unspecified atom stereocenters. The number of nitrogens with one attached hydrogen (secondary N) is 2. The van der Waals surface area contributed by atoms with Crippen molar-refractivity contribution < 1.29 is 4.39 Å². The van der Waals surface area contributed by atoms with Crippen molar-refractivity contribution in [2.75, 3.05) is 7.05 Å². The molecule has 0 amide bonds. The smallest absolute Gasteiger partial charge is 0.191 e. The second-order valence-corrected chi connectivity index (χ2v) is 5.25. The van der Waals surface area contributed by atoms with E-state index in [4.69, 9.17) is 0 Å². The molecule has 0 aliphatic heterocycles. The maximum Gasteiger partial charge on any atom is 0.191 e. The number of pyridine rings is 1. The first-order valence-electron chi connectivity index (χ1n) is 6.47. The van der Waals surface area contributed by atoms with Crippen LogP contribution in [0.25, 0.3) is 0 Å². The minimum Gasteiger partial charge on any atom is -0.352 e. The van der Waals surface area contributed by atoms with E-state index in [0.29, 0.717) is 24.6 Å². The van der Waals surface area contributed by atoms with Gasteiger partial charge in [0.1, 0.15) is 5.82 Å². The number of rotatable bonds is 4. The van der Waals surface area contributed by atoms with Gasteiger partial charge in [0.25, 0.3) is 0 Å². The molecule has 0 aliphatic carbocycles. The fourth-order valence-corrected chi connectivity index (χ4v) is 2.07. The van der Waals surface area contributed by atoms with Crippen molar-refractivity contribution in [3.8, 4) is 0 Å². The van der Waals surface area contributed by atoms with E-state index in [-0.39, 0.29) is 29.8 Å². The lowest BCUT2D eigenvalue weighted by Gasteiger charge is -2.12. The third-order valence-electron chi connectivity index (χ3n) is 2.85. The van der Waals surface area contributed by atoms with Crippen LogP contribution < -0.4 is 10.6 Å². The molecule has 0 bridgehead atoms. The molecular formula is C15H17BrFIN4. The summed E-state index contributed by atoms with van der Waals surface area (Å²) in [6.45, 7) is 0.921. The molecule has 0 fully saturated rings. The van der Waals surface area contributed by atoms with Crippen LogP contribution in [0.1, 0.15) is 11.3 Å². The lowest BCUT2D eigenvalue weighted by Crippen LogP contribution is -2.36. The van der Waals surface area contributed by atoms with Crippen molar-refractivity contribution in [3.05, 3.63) is 64.1 Å². The summed E-state index contributed by atoms with van der Waals surface area (Å²) in [6, 6.07) is 10.7. The highest BCUT2D eigenvalue weighted by Crippen LogP contribution is 2.14. The lowest BCUT2D eigenvalue weighted by molar-refractivity contribution is 0.603. The number of hydrogen-bond acceptors (Lipinski definition) is 2. The van der Waals surface area contributed by atoms with Crippen LogP contribution in [-0.2, 0) is 13.1 Å². The average Bonchev–Trinajstić information content (AvgIpc) is 2.50. The molecule has 22 heavy (non-hydrogen) atoms. The summed E-state index contributed by atoms with van der Waals surface area (Å²) in [7, 11) is 1.67. The van der Waals surface area contributed by atoms with Gasteiger partial charge in [-0.3, -0.25) is 9.98 Å². The number of guanidine groups is 1. The van der Waals surface area contributed by atoms with Crippen LogP contribution in [0.3, 0.4) is 0 Å². The molecule has 4 nitrogen and oxygen atoms in total. The quantitative estimate of drug-likeness (QED) is 0.402. The second-order valence-electron chi connectivity index (χ2n) is 4.34. The zero-order valence-electron chi connectivity index (χ0n) is 12.0. The number of nitrogens with zero attached hydrogens (tertiary/aromatic N) is 2. The molecule has 7 heteroatoms. The number of benzene rings is 1. The first-order valence-corrected chi connectivity index (χ1v) is 7.26. The fourth-order valence-electron chi connectivity index (χ4n) is 1.74. The van der Waals surface area contributed by atoms with E-state index in [1.54, 1.807) is 19.3 Å². The van der Waals surface area contributed by atoms with Crippen molar-refractivity contribution in [2.24, 2.45) is 4.99 Å². The SMILES string of the molecule is CN=C(NCc1ccccn1)NCc1ccc(Br)cc1F.I. The number of hydrogen-bond donors (Lipinski definition) is 2. The van der Waals surface area contributed by atoms with Crippen molar-refractivity contribution in [3.63, 3.8) is 0 Å². The maximum absolute atomic E-state index is 13.7. The van der Waals surface area contributed by atoms with E-state index in [1.807, 2.05) is 24.3 Å². The molecule has 0 aliphatic rings. The summed E-state index contributed by atoms with van der Waals surface area (Å²) in [5.41, 5.74) is 1.49. The van der Waals surface area contributed by atoms with Crippen LogP contribution in [0.5, 0.6) is 0 Å². The van der Waals surface area contributed by atoms with Gasteiger partial charge in [0.2, 0.25) is 0 Å². The number of aromatic nitrogens is 1. The third kappa shape index (κ3) is 5.88. The first kappa shape index (κ1) is 18.8. The largest absolute Gasteiger partial charge is 0.352 e. The van der Waals surface area contributed by atoms with E-state index < -0.39 is 0 Å². The Hall–Kier alpha value is -1.22. The van der Waals surface area contributed by atoms with Gasteiger partial charge < -0.3 is 10.6 Å². The Bertz CT molecular complexity index is 622. The Morgan fingerprint density at radius 3 is 2.64 bits per heavy atom. The highest BCUT2D eigenvalue weighted by Gasteiger charge is 2.04. The van der Waals surface area contributed by atoms with Crippen LogP contribution in [0, 0.1) is 5.82 Å². The second kappa shape index (κ2) is 9.73. The van der Waals surface area contributed by atoms with Crippen LogP contribution in [0.4, 0.5) is 4.39 Å². The average molecular weight is 479 g/mol. The lowest BCUT2D eigenvalue weighted by atomic mass is 10.2. The fraction of sp³-hybridized carbons (Fsp3) is 0.200.